The lowest BCUT2D eigenvalue weighted by molar-refractivity contribution is 0.714. The predicted molar refractivity (Wildman–Crippen MR) is 72.1 cm³/mol. The maximum atomic E-state index is 5.68. The van der Waals surface area contributed by atoms with Crippen molar-refractivity contribution in [1.82, 2.24) is 0 Å². The van der Waals surface area contributed by atoms with Crippen molar-refractivity contribution in [1.29, 1.82) is 0 Å². The number of hydrogen-bond donors (Lipinski definition) is 1. The third-order valence-electron chi connectivity index (χ3n) is 2.89. The molecule has 0 aromatic heterocycles. The van der Waals surface area contributed by atoms with Crippen molar-refractivity contribution in [3.05, 3.63) is 29.3 Å². The van der Waals surface area contributed by atoms with Crippen LogP contribution in [0.1, 0.15) is 30.9 Å². The fraction of sp³-hybridized carbons (Fsp3) is 0.571. The average Bonchev–Trinajstić information content (AvgIpc) is 2.28. The zero-order valence-electron chi connectivity index (χ0n) is 10.8. The van der Waals surface area contributed by atoms with Crippen molar-refractivity contribution in [3.8, 4) is 0 Å². The Bertz CT molecular complexity index is 321. The van der Waals surface area contributed by atoms with Gasteiger partial charge in [-0.25, -0.2) is 0 Å². The minimum Gasteiger partial charge on any atom is -0.370 e. The second-order valence-corrected chi connectivity index (χ2v) is 4.42. The van der Waals surface area contributed by atoms with E-state index < -0.39 is 0 Å². The van der Waals surface area contributed by atoms with Crippen LogP contribution in [0.2, 0.25) is 0 Å². The molecule has 0 bridgehead atoms. The van der Waals surface area contributed by atoms with Crippen LogP contribution in [0.15, 0.2) is 18.2 Å². The van der Waals surface area contributed by atoms with Gasteiger partial charge in [0, 0.05) is 25.3 Å². The van der Waals surface area contributed by atoms with Crippen LogP contribution in [0.4, 0.5) is 5.69 Å². The first-order chi connectivity index (χ1) is 7.69. The molecule has 0 fully saturated rings. The summed E-state index contributed by atoms with van der Waals surface area (Å²) in [5.74, 6) is 0. The van der Waals surface area contributed by atoms with Crippen LogP contribution in [0.25, 0.3) is 0 Å². The van der Waals surface area contributed by atoms with E-state index in [2.05, 4.69) is 43.9 Å². The molecule has 0 spiro atoms. The molecule has 16 heavy (non-hydrogen) atoms. The van der Waals surface area contributed by atoms with E-state index in [-0.39, 0.29) is 0 Å². The van der Waals surface area contributed by atoms with Crippen molar-refractivity contribution < 1.29 is 0 Å². The highest BCUT2D eigenvalue weighted by atomic mass is 15.1. The second kappa shape index (κ2) is 6.54. The lowest BCUT2D eigenvalue weighted by atomic mass is 10.1. The second-order valence-electron chi connectivity index (χ2n) is 4.42. The summed E-state index contributed by atoms with van der Waals surface area (Å²) in [6.45, 7) is 9.32. The number of anilines is 1. The van der Waals surface area contributed by atoms with Gasteiger partial charge in [0.05, 0.1) is 0 Å². The van der Waals surface area contributed by atoms with Crippen molar-refractivity contribution >= 4 is 5.69 Å². The summed E-state index contributed by atoms with van der Waals surface area (Å²) >= 11 is 0. The maximum absolute atomic E-state index is 5.68. The Morgan fingerprint density at radius 1 is 1.19 bits per heavy atom. The van der Waals surface area contributed by atoms with E-state index in [1.807, 2.05) is 0 Å². The molecule has 2 nitrogen and oxygen atoms in total. The molecule has 90 valence electrons. The summed E-state index contributed by atoms with van der Waals surface area (Å²) < 4.78 is 0. The van der Waals surface area contributed by atoms with Crippen LogP contribution in [0.5, 0.6) is 0 Å². The first kappa shape index (κ1) is 13.0. The summed E-state index contributed by atoms with van der Waals surface area (Å²) in [6.07, 6.45) is 2.46. The van der Waals surface area contributed by atoms with Crippen LogP contribution in [0.3, 0.4) is 0 Å². The maximum Gasteiger partial charge on any atom is 0.0399 e. The van der Waals surface area contributed by atoms with Gasteiger partial charge in [0.25, 0.3) is 0 Å². The van der Waals surface area contributed by atoms with Crippen LogP contribution in [0, 0.1) is 13.8 Å². The first-order valence-corrected chi connectivity index (χ1v) is 6.21. The third-order valence-corrected chi connectivity index (χ3v) is 2.89. The molecule has 0 unspecified atom stereocenters. The quantitative estimate of drug-likeness (QED) is 0.798. The molecule has 0 aliphatic carbocycles. The Morgan fingerprint density at radius 2 is 1.94 bits per heavy atom. The van der Waals surface area contributed by atoms with Crippen LogP contribution < -0.4 is 10.6 Å². The van der Waals surface area contributed by atoms with Crippen LogP contribution in [-0.4, -0.2) is 19.6 Å². The molecule has 1 aromatic rings. The minimum absolute atomic E-state index is 0.719. The highest BCUT2D eigenvalue weighted by Crippen LogP contribution is 2.21. The predicted octanol–water partition coefficient (Wildman–Crippen LogP) is 2.87. The molecule has 2 heteroatoms. The van der Waals surface area contributed by atoms with E-state index in [4.69, 9.17) is 5.73 Å². The molecular weight excluding hydrogens is 196 g/mol. The lowest BCUT2D eigenvalue weighted by Gasteiger charge is -2.26. The molecule has 0 atom stereocenters. The van der Waals surface area contributed by atoms with Crippen molar-refractivity contribution in [3.63, 3.8) is 0 Å². The normalized spacial score (nSPS) is 10.5. The van der Waals surface area contributed by atoms with Gasteiger partial charge in [0.1, 0.15) is 0 Å². The molecule has 0 heterocycles. The molecule has 1 aromatic carbocycles. The Kier molecular flexibility index (Phi) is 5.33. The Labute approximate surface area is 99.5 Å². The van der Waals surface area contributed by atoms with Crippen molar-refractivity contribution in [2.75, 3.05) is 24.5 Å². The topological polar surface area (TPSA) is 29.3 Å². The monoisotopic (exact) mass is 220 g/mol. The molecule has 0 saturated carbocycles. The van der Waals surface area contributed by atoms with E-state index in [0.717, 1.165) is 19.6 Å². The van der Waals surface area contributed by atoms with E-state index in [0.29, 0.717) is 0 Å². The number of rotatable bonds is 6. The van der Waals surface area contributed by atoms with Gasteiger partial charge in [-0.05, 0) is 37.5 Å². The summed E-state index contributed by atoms with van der Waals surface area (Å²) in [7, 11) is 0. The molecule has 0 aliphatic rings. The summed E-state index contributed by atoms with van der Waals surface area (Å²) in [4.78, 5) is 2.41. The molecule has 2 N–H and O–H groups in total. The van der Waals surface area contributed by atoms with Gasteiger partial charge in [0.15, 0.2) is 0 Å². The van der Waals surface area contributed by atoms with Gasteiger partial charge in [0.2, 0.25) is 0 Å². The van der Waals surface area contributed by atoms with Gasteiger partial charge in [-0.3, -0.25) is 0 Å². The van der Waals surface area contributed by atoms with Crippen molar-refractivity contribution in [2.45, 2.75) is 33.6 Å². The zero-order valence-corrected chi connectivity index (χ0v) is 10.8. The average molecular weight is 220 g/mol. The molecule has 0 aliphatic heterocycles. The van der Waals surface area contributed by atoms with Gasteiger partial charge >= 0.3 is 0 Å². The number of aryl methyl sites for hydroxylation is 2. The first-order valence-electron chi connectivity index (χ1n) is 6.21. The highest BCUT2D eigenvalue weighted by molar-refractivity contribution is 5.54. The van der Waals surface area contributed by atoms with Gasteiger partial charge in [-0.15, -0.1) is 0 Å². The molecule has 0 amide bonds. The van der Waals surface area contributed by atoms with E-state index in [1.165, 1.54) is 29.7 Å². The number of hydrogen-bond acceptors (Lipinski definition) is 2. The Morgan fingerprint density at radius 3 is 2.56 bits per heavy atom. The Hall–Kier alpha value is -1.02. The number of nitrogens with two attached hydrogens (primary N) is 1. The molecule has 1 rings (SSSR count). The summed E-state index contributed by atoms with van der Waals surface area (Å²) in [5.41, 5.74) is 9.69. The van der Waals surface area contributed by atoms with Gasteiger partial charge < -0.3 is 10.6 Å². The fourth-order valence-electron chi connectivity index (χ4n) is 1.92. The van der Waals surface area contributed by atoms with Crippen molar-refractivity contribution in [2.24, 2.45) is 5.73 Å². The van der Waals surface area contributed by atoms with E-state index in [1.54, 1.807) is 0 Å². The van der Waals surface area contributed by atoms with Crippen LogP contribution in [-0.2, 0) is 0 Å². The smallest absolute Gasteiger partial charge is 0.0399 e. The van der Waals surface area contributed by atoms with Crippen LogP contribution >= 0.6 is 0 Å². The number of unbranched alkanes of at least 4 members (excludes halogenated alkanes) is 1. The molecule has 0 saturated heterocycles. The zero-order chi connectivity index (χ0) is 12.0. The minimum atomic E-state index is 0.719. The fourth-order valence-corrected chi connectivity index (χ4v) is 1.92. The standard InChI is InChI=1S/C14H24N2/c1-4-5-9-16(10-8-15)14-11-12(2)6-7-13(14)3/h6-7,11H,4-5,8-10,15H2,1-3H3. The number of nitrogens with zero attached hydrogens (tertiary/aromatic N) is 1. The van der Waals surface area contributed by atoms with E-state index >= 15 is 0 Å². The highest BCUT2D eigenvalue weighted by Gasteiger charge is 2.07. The van der Waals surface area contributed by atoms with Gasteiger partial charge in [-0.2, -0.15) is 0 Å². The summed E-state index contributed by atoms with van der Waals surface area (Å²) in [5, 5.41) is 0. The third kappa shape index (κ3) is 3.53. The molecule has 0 radical (unpaired) electrons. The Balaban J connectivity index is 2.85. The number of benzene rings is 1. The van der Waals surface area contributed by atoms with E-state index in [9.17, 15) is 0 Å². The largest absolute Gasteiger partial charge is 0.370 e. The lowest BCUT2D eigenvalue weighted by Crippen LogP contribution is -2.30. The summed E-state index contributed by atoms with van der Waals surface area (Å²) in [6, 6.07) is 6.63. The molecular formula is C14H24N2. The van der Waals surface area contributed by atoms with Gasteiger partial charge in [-0.1, -0.05) is 25.5 Å². The SMILES string of the molecule is CCCCN(CCN)c1cc(C)ccc1C.